The van der Waals surface area contributed by atoms with Crippen molar-refractivity contribution in [2.75, 3.05) is 0 Å². The van der Waals surface area contributed by atoms with Gasteiger partial charge in [-0.2, -0.15) is 5.10 Å². The third kappa shape index (κ3) is 10.1. The van der Waals surface area contributed by atoms with Crippen LogP contribution >= 0.6 is 12.2 Å². The van der Waals surface area contributed by atoms with Crippen molar-refractivity contribution in [1.82, 2.24) is 5.43 Å². The van der Waals surface area contributed by atoms with Crippen LogP contribution in [-0.4, -0.2) is 22.4 Å². The molecule has 1 aromatic carbocycles. The van der Waals surface area contributed by atoms with Crippen LogP contribution < -0.4 is 16.3 Å². The Hall–Kier alpha value is -2.15. The molecule has 0 saturated carbocycles. The Morgan fingerprint density at radius 3 is 2.71 bits per heavy atom. The number of carboxylic acids is 1. The van der Waals surface area contributed by atoms with Gasteiger partial charge in [-0.3, -0.25) is 5.43 Å². The molecule has 0 spiro atoms. The summed E-state index contributed by atoms with van der Waals surface area (Å²) in [6, 6.07) is 6.67. The van der Waals surface area contributed by atoms with E-state index < -0.39 is 5.97 Å². The number of nitrogens with two attached hydrogens (primary N) is 1. The Balaban J connectivity index is 0.000000557. The van der Waals surface area contributed by atoms with Crippen molar-refractivity contribution in [2.24, 2.45) is 10.8 Å². The molecule has 6 nitrogen and oxygen atoms in total. The molecule has 0 amide bonds. The van der Waals surface area contributed by atoms with Crippen molar-refractivity contribution in [3.63, 3.8) is 0 Å². The quantitative estimate of drug-likeness (QED) is 0.366. The van der Waals surface area contributed by atoms with Crippen LogP contribution in [0, 0.1) is 0 Å². The van der Waals surface area contributed by atoms with E-state index in [2.05, 4.69) is 22.7 Å². The predicted octanol–water partition coefficient (Wildman–Crippen LogP) is -0.684. The fourth-order valence-corrected chi connectivity index (χ4v) is 0.828. The highest BCUT2D eigenvalue weighted by Gasteiger charge is 1.89. The summed E-state index contributed by atoms with van der Waals surface area (Å²) < 4.78 is 0. The van der Waals surface area contributed by atoms with Crippen LogP contribution in [0.1, 0.15) is 12.5 Å². The summed E-state index contributed by atoms with van der Waals surface area (Å²) in [5, 5.41) is 21.8. The number of carbonyl (C=O) groups is 1. The van der Waals surface area contributed by atoms with E-state index in [1.54, 1.807) is 24.3 Å². The zero-order valence-electron chi connectivity index (χ0n) is 9.08. The second-order valence-corrected chi connectivity index (χ2v) is 3.26. The Kier molecular flexibility index (Phi) is 7.04. The molecular weight excluding hydrogens is 242 g/mol. The lowest BCUT2D eigenvalue weighted by molar-refractivity contribution is -0.302. The molecule has 0 aliphatic heterocycles. The number of nitrogens with one attached hydrogen (secondary N) is 1. The van der Waals surface area contributed by atoms with Gasteiger partial charge in [0.25, 0.3) is 0 Å². The first-order valence-corrected chi connectivity index (χ1v) is 4.87. The maximum atomic E-state index is 9.09. The monoisotopic (exact) mass is 254 g/mol. The Morgan fingerprint density at radius 2 is 2.24 bits per heavy atom. The Bertz CT molecular complexity index is 417. The third-order valence-electron chi connectivity index (χ3n) is 1.26. The first kappa shape index (κ1) is 14.8. The minimum atomic E-state index is -1.08. The number of rotatable bonds is 2. The zero-order valence-corrected chi connectivity index (χ0v) is 9.90. The summed E-state index contributed by atoms with van der Waals surface area (Å²) in [5.74, 6) is -0.890. The maximum absolute atomic E-state index is 9.09. The van der Waals surface area contributed by atoms with Crippen molar-refractivity contribution in [1.29, 1.82) is 0 Å². The number of carboxylic acid groups (broad SMARTS) is 1. The van der Waals surface area contributed by atoms with Crippen LogP contribution in [0.3, 0.4) is 0 Å². The van der Waals surface area contributed by atoms with Gasteiger partial charge < -0.3 is 20.7 Å². The van der Waals surface area contributed by atoms with Gasteiger partial charge in [0.1, 0.15) is 5.75 Å². The van der Waals surface area contributed by atoms with Crippen molar-refractivity contribution < 1.29 is 15.0 Å². The molecule has 1 aromatic rings. The number of hydrazone groups is 1. The van der Waals surface area contributed by atoms with Crippen LogP contribution in [0.15, 0.2) is 29.4 Å². The van der Waals surface area contributed by atoms with Crippen molar-refractivity contribution in [2.45, 2.75) is 6.92 Å². The summed E-state index contributed by atoms with van der Waals surface area (Å²) in [6.07, 6.45) is 1.51. The Labute approximate surface area is 104 Å². The number of carbonyl (C=O) groups excluding carboxylic acids is 1. The van der Waals surface area contributed by atoms with E-state index in [1.165, 1.54) is 6.21 Å². The molecule has 0 heterocycles. The highest BCUT2D eigenvalue weighted by Crippen LogP contribution is 2.08. The van der Waals surface area contributed by atoms with Crippen molar-refractivity contribution >= 4 is 29.5 Å². The van der Waals surface area contributed by atoms with Gasteiger partial charge in [-0.05, 0) is 36.8 Å². The topological polar surface area (TPSA) is 111 Å². The number of benzene rings is 1. The summed E-state index contributed by atoms with van der Waals surface area (Å²) in [5.41, 5.74) is 8.32. The number of aromatic hydroxyl groups is 1. The van der Waals surface area contributed by atoms with Crippen LogP contribution in [-0.2, 0) is 4.79 Å². The molecule has 0 saturated heterocycles. The first-order chi connectivity index (χ1) is 7.91. The van der Waals surface area contributed by atoms with E-state index in [-0.39, 0.29) is 10.9 Å². The number of hydrogen-bond donors (Lipinski definition) is 3. The van der Waals surface area contributed by atoms with Gasteiger partial charge in [-0.25, -0.2) is 0 Å². The normalized spacial score (nSPS) is 9.24. The largest absolute Gasteiger partial charge is 0.550 e. The fourth-order valence-electron chi connectivity index (χ4n) is 0.776. The van der Waals surface area contributed by atoms with Gasteiger partial charge in [0, 0.05) is 5.97 Å². The van der Waals surface area contributed by atoms with E-state index in [4.69, 9.17) is 20.7 Å². The van der Waals surface area contributed by atoms with Gasteiger partial charge in [-0.15, -0.1) is 0 Å². The van der Waals surface area contributed by atoms with Crippen molar-refractivity contribution in [3.05, 3.63) is 29.8 Å². The van der Waals surface area contributed by atoms with E-state index in [9.17, 15) is 0 Å². The SMILES string of the molecule is CC(=O)[O-].NC(=S)N/N=C/c1cccc(O)c1. The molecular formula is C10H12N3O3S-. The van der Waals surface area contributed by atoms with E-state index in [0.717, 1.165) is 12.5 Å². The molecule has 17 heavy (non-hydrogen) atoms. The van der Waals surface area contributed by atoms with E-state index in [0.29, 0.717) is 0 Å². The highest BCUT2D eigenvalue weighted by molar-refractivity contribution is 7.80. The minimum Gasteiger partial charge on any atom is -0.550 e. The number of hydrogen-bond acceptors (Lipinski definition) is 5. The Morgan fingerprint density at radius 1 is 1.65 bits per heavy atom. The summed E-state index contributed by atoms with van der Waals surface area (Å²) in [4.78, 5) is 8.89. The summed E-state index contributed by atoms with van der Waals surface area (Å²) >= 11 is 4.54. The lowest BCUT2D eigenvalue weighted by Gasteiger charge is -1.95. The summed E-state index contributed by atoms with van der Waals surface area (Å²) in [6.45, 7) is 0.972. The lowest BCUT2D eigenvalue weighted by Crippen LogP contribution is -2.23. The molecule has 92 valence electrons. The molecule has 0 aliphatic rings. The maximum Gasteiger partial charge on any atom is 0.184 e. The zero-order chi connectivity index (χ0) is 13.3. The van der Waals surface area contributed by atoms with Gasteiger partial charge in [0.05, 0.1) is 6.21 Å². The summed E-state index contributed by atoms with van der Waals surface area (Å²) in [7, 11) is 0. The molecule has 7 heteroatoms. The number of phenolic OH excluding ortho intramolecular Hbond substituents is 1. The van der Waals surface area contributed by atoms with Gasteiger partial charge in [0.15, 0.2) is 5.11 Å². The second kappa shape index (κ2) is 8.05. The van der Waals surface area contributed by atoms with Gasteiger partial charge in [-0.1, -0.05) is 12.1 Å². The van der Waals surface area contributed by atoms with E-state index in [1.807, 2.05) is 0 Å². The molecule has 0 atom stereocenters. The standard InChI is InChI=1S/C8H9N3OS.C2H4O2/c9-8(13)11-10-5-6-2-1-3-7(12)4-6;1-2(3)4/h1-5,12H,(H3,9,11,13);1H3,(H,3,4)/p-1/b10-5+;. The molecule has 0 unspecified atom stereocenters. The van der Waals surface area contributed by atoms with Crippen LogP contribution in [0.2, 0.25) is 0 Å². The highest BCUT2D eigenvalue weighted by atomic mass is 32.1. The van der Waals surface area contributed by atoms with Crippen molar-refractivity contribution in [3.8, 4) is 5.75 Å². The van der Waals surface area contributed by atoms with Crippen LogP contribution in [0.4, 0.5) is 0 Å². The van der Waals surface area contributed by atoms with Gasteiger partial charge in [0.2, 0.25) is 0 Å². The van der Waals surface area contributed by atoms with Gasteiger partial charge >= 0.3 is 0 Å². The molecule has 1 rings (SSSR count). The average Bonchev–Trinajstić information content (AvgIpc) is 2.16. The molecule has 0 aliphatic carbocycles. The second-order valence-electron chi connectivity index (χ2n) is 2.82. The van der Waals surface area contributed by atoms with E-state index >= 15 is 0 Å². The number of nitrogens with zero attached hydrogens (tertiary/aromatic N) is 1. The van der Waals surface area contributed by atoms with Crippen LogP contribution in [0.25, 0.3) is 0 Å². The molecule has 0 aromatic heterocycles. The predicted molar refractivity (Wildman–Crippen MR) is 66.3 cm³/mol. The molecule has 0 bridgehead atoms. The smallest absolute Gasteiger partial charge is 0.184 e. The fraction of sp³-hybridized carbons (Fsp3) is 0.100. The average molecular weight is 254 g/mol. The minimum absolute atomic E-state index is 0.108. The lowest BCUT2D eigenvalue weighted by atomic mass is 10.2. The molecule has 0 fully saturated rings. The molecule has 4 N–H and O–H groups in total. The number of phenols is 1. The molecule has 0 radical (unpaired) electrons. The number of aliphatic carboxylic acids is 1. The third-order valence-corrected chi connectivity index (χ3v) is 1.35. The number of thiocarbonyl (C=S) groups is 1. The van der Waals surface area contributed by atoms with Crippen LogP contribution in [0.5, 0.6) is 5.75 Å². The first-order valence-electron chi connectivity index (χ1n) is 4.47.